The molecule has 0 radical (unpaired) electrons. The lowest BCUT2D eigenvalue weighted by Gasteiger charge is -2.09. The molecule has 0 saturated carbocycles. The third kappa shape index (κ3) is 3.11. The molecule has 110 valence electrons. The number of fused-ring (bicyclic) bond motifs is 1. The molecule has 0 bridgehead atoms. The molecule has 3 N–H and O–H groups in total. The first-order valence-electron chi connectivity index (χ1n) is 6.41. The van der Waals surface area contributed by atoms with Gasteiger partial charge in [-0.1, -0.05) is 11.3 Å². The van der Waals surface area contributed by atoms with Gasteiger partial charge in [0.05, 0.1) is 28.4 Å². The van der Waals surface area contributed by atoms with E-state index in [9.17, 15) is 9.59 Å². The lowest BCUT2D eigenvalue weighted by molar-refractivity contribution is 0.0697. The van der Waals surface area contributed by atoms with E-state index in [0.717, 1.165) is 11.1 Å². The van der Waals surface area contributed by atoms with Gasteiger partial charge in [-0.05, 0) is 24.6 Å². The Kier molecular flexibility index (Phi) is 3.72. The first-order valence-corrected chi connectivity index (χ1v) is 7.22. The van der Waals surface area contributed by atoms with Crippen LogP contribution in [-0.4, -0.2) is 41.3 Å². The summed E-state index contributed by atoms with van der Waals surface area (Å²) in [7, 11) is 0. The highest BCUT2D eigenvalue weighted by Gasteiger charge is 2.18. The predicted molar refractivity (Wildman–Crippen MR) is 78.0 cm³/mol. The van der Waals surface area contributed by atoms with E-state index in [1.54, 1.807) is 12.1 Å². The van der Waals surface area contributed by atoms with Gasteiger partial charge in [0.15, 0.2) is 5.13 Å². The van der Waals surface area contributed by atoms with Crippen molar-refractivity contribution in [2.24, 2.45) is 0 Å². The summed E-state index contributed by atoms with van der Waals surface area (Å²) in [5.74, 6) is -0.987. The summed E-state index contributed by atoms with van der Waals surface area (Å²) in [5.41, 5.74) is 0.856. The number of hydrogen-bond donors (Lipinski definition) is 3. The van der Waals surface area contributed by atoms with Gasteiger partial charge in [-0.3, -0.25) is 5.32 Å². The third-order valence-electron chi connectivity index (χ3n) is 3.12. The lowest BCUT2D eigenvalue weighted by Crippen LogP contribution is -2.38. The van der Waals surface area contributed by atoms with Crippen LogP contribution in [0.1, 0.15) is 16.8 Å². The minimum atomic E-state index is -0.987. The largest absolute Gasteiger partial charge is 0.478 e. The fourth-order valence-corrected chi connectivity index (χ4v) is 2.98. The Labute approximate surface area is 123 Å². The van der Waals surface area contributed by atoms with E-state index in [2.05, 4.69) is 15.6 Å². The number of carboxylic acids is 1. The number of aromatic nitrogens is 1. The number of benzene rings is 1. The second kappa shape index (κ2) is 5.66. The van der Waals surface area contributed by atoms with Crippen LogP contribution in [-0.2, 0) is 4.74 Å². The number of urea groups is 1. The fourth-order valence-electron chi connectivity index (χ4n) is 2.08. The molecule has 2 amide bonds. The van der Waals surface area contributed by atoms with Crippen LogP contribution in [0.5, 0.6) is 0 Å². The van der Waals surface area contributed by atoms with Gasteiger partial charge in [0.1, 0.15) is 0 Å². The lowest BCUT2D eigenvalue weighted by atomic mass is 10.2. The van der Waals surface area contributed by atoms with Crippen molar-refractivity contribution in [3.8, 4) is 0 Å². The van der Waals surface area contributed by atoms with Gasteiger partial charge in [0.25, 0.3) is 0 Å². The first-order chi connectivity index (χ1) is 10.1. The molecule has 1 aliphatic heterocycles. The second-order valence-corrected chi connectivity index (χ2v) is 5.70. The number of carboxylic acid groups (broad SMARTS) is 1. The summed E-state index contributed by atoms with van der Waals surface area (Å²) in [6.45, 7) is 1.18. The van der Waals surface area contributed by atoms with E-state index in [0.29, 0.717) is 23.9 Å². The van der Waals surface area contributed by atoms with Crippen molar-refractivity contribution < 1.29 is 19.4 Å². The summed E-state index contributed by atoms with van der Waals surface area (Å²) in [6.07, 6.45) is 0.801. The van der Waals surface area contributed by atoms with Gasteiger partial charge < -0.3 is 15.2 Å². The number of nitrogens with one attached hydrogen (secondary N) is 2. The predicted octanol–water partition coefficient (Wildman–Crippen LogP) is 1.90. The average molecular weight is 307 g/mol. The van der Waals surface area contributed by atoms with Crippen LogP contribution in [0.4, 0.5) is 9.93 Å². The minimum absolute atomic E-state index is 0.0259. The maximum Gasteiger partial charge on any atom is 0.335 e. The number of aromatic carboxylic acids is 1. The molecule has 0 aliphatic carbocycles. The number of hydrogen-bond acceptors (Lipinski definition) is 5. The Morgan fingerprint density at radius 1 is 1.43 bits per heavy atom. The van der Waals surface area contributed by atoms with Crippen molar-refractivity contribution in [3.63, 3.8) is 0 Å². The quantitative estimate of drug-likeness (QED) is 0.804. The molecule has 8 heteroatoms. The van der Waals surface area contributed by atoms with E-state index in [1.807, 2.05) is 0 Å². The van der Waals surface area contributed by atoms with Crippen molar-refractivity contribution >= 4 is 38.7 Å². The van der Waals surface area contributed by atoms with Crippen molar-refractivity contribution in [3.05, 3.63) is 23.8 Å². The van der Waals surface area contributed by atoms with Gasteiger partial charge in [0.2, 0.25) is 0 Å². The number of carbonyl (C=O) groups is 2. The van der Waals surface area contributed by atoms with Crippen LogP contribution in [0.3, 0.4) is 0 Å². The topological polar surface area (TPSA) is 101 Å². The molecule has 1 aromatic carbocycles. The second-order valence-electron chi connectivity index (χ2n) is 4.67. The molecule has 7 nitrogen and oxygen atoms in total. The molecule has 1 fully saturated rings. The monoisotopic (exact) mass is 307 g/mol. The Balaban J connectivity index is 1.71. The summed E-state index contributed by atoms with van der Waals surface area (Å²) in [5, 5.41) is 14.8. The van der Waals surface area contributed by atoms with E-state index in [1.165, 1.54) is 17.4 Å². The maximum absolute atomic E-state index is 11.8. The number of rotatable bonds is 3. The third-order valence-corrected chi connectivity index (χ3v) is 4.05. The standard InChI is InChI=1S/C13H13N3O4S/c17-11(18)7-1-2-9-10(5-7)21-13(15-9)16-12(19)14-8-3-4-20-6-8/h1-2,5,8H,3-4,6H2,(H,17,18)(H2,14,15,16,19). The van der Waals surface area contributed by atoms with Crippen LogP contribution >= 0.6 is 11.3 Å². The summed E-state index contributed by atoms with van der Waals surface area (Å²) in [4.78, 5) is 27.0. The van der Waals surface area contributed by atoms with Crippen LogP contribution in [0.2, 0.25) is 0 Å². The zero-order valence-electron chi connectivity index (χ0n) is 11.0. The molecule has 2 heterocycles. The highest BCUT2D eigenvalue weighted by molar-refractivity contribution is 7.22. The number of amides is 2. The Morgan fingerprint density at radius 2 is 2.29 bits per heavy atom. The highest BCUT2D eigenvalue weighted by atomic mass is 32.1. The molecule has 1 saturated heterocycles. The molecule has 1 unspecified atom stereocenters. The maximum atomic E-state index is 11.8. The number of carbonyl (C=O) groups excluding carboxylic acids is 1. The van der Waals surface area contributed by atoms with Gasteiger partial charge >= 0.3 is 12.0 Å². The zero-order chi connectivity index (χ0) is 14.8. The van der Waals surface area contributed by atoms with E-state index >= 15 is 0 Å². The van der Waals surface area contributed by atoms with Crippen LogP contribution < -0.4 is 10.6 Å². The SMILES string of the molecule is O=C(Nc1nc2ccc(C(=O)O)cc2s1)NC1CCOC1. The number of ether oxygens (including phenoxy) is 1. The Bertz CT molecular complexity index is 694. The van der Waals surface area contributed by atoms with E-state index in [4.69, 9.17) is 9.84 Å². The average Bonchev–Trinajstić information content (AvgIpc) is 3.05. The van der Waals surface area contributed by atoms with Crippen molar-refractivity contribution in [2.75, 3.05) is 18.5 Å². The van der Waals surface area contributed by atoms with Gasteiger partial charge in [-0.15, -0.1) is 0 Å². The van der Waals surface area contributed by atoms with Crippen molar-refractivity contribution in [1.29, 1.82) is 0 Å². The smallest absolute Gasteiger partial charge is 0.335 e. The fraction of sp³-hybridized carbons (Fsp3) is 0.308. The van der Waals surface area contributed by atoms with E-state index in [-0.39, 0.29) is 17.6 Å². The molecule has 1 aromatic heterocycles. The van der Waals surface area contributed by atoms with Gasteiger partial charge in [0, 0.05) is 6.61 Å². The molecule has 1 atom stereocenters. The normalized spacial score (nSPS) is 17.8. The highest BCUT2D eigenvalue weighted by Crippen LogP contribution is 2.26. The molecular formula is C13H13N3O4S. The summed E-state index contributed by atoms with van der Waals surface area (Å²) >= 11 is 1.24. The van der Waals surface area contributed by atoms with Gasteiger partial charge in [-0.25, -0.2) is 14.6 Å². The van der Waals surface area contributed by atoms with Crippen LogP contribution in [0.15, 0.2) is 18.2 Å². The van der Waals surface area contributed by atoms with E-state index < -0.39 is 5.97 Å². The molecule has 21 heavy (non-hydrogen) atoms. The number of anilines is 1. The molecule has 2 aromatic rings. The summed E-state index contributed by atoms with van der Waals surface area (Å²) in [6, 6.07) is 4.36. The van der Waals surface area contributed by atoms with Crippen molar-refractivity contribution in [2.45, 2.75) is 12.5 Å². The van der Waals surface area contributed by atoms with Crippen LogP contribution in [0, 0.1) is 0 Å². The number of nitrogens with zero attached hydrogens (tertiary/aromatic N) is 1. The molecule has 0 spiro atoms. The molecular weight excluding hydrogens is 294 g/mol. The Hall–Kier alpha value is -2.19. The minimum Gasteiger partial charge on any atom is -0.478 e. The zero-order valence-corrected chi connectivity index (χ0v) is 11.8. The molecule has 3 rings (SSSR count). The molecule has 1 aliphatic rings. The van der Waals surface area contributed by atoms with Crippen LogP contribution in [0.25, 0.3) is 10.2 Å². The first kappa shape index (κ1) is 13.8. The van der Waals surface area contributed by atoms with Crippen molar-refractivity contribution in [1.82, 2.24) is 10.3 Å². The van der Waals surface area contributed by atoms with Gasteiger partial charge in [-0.2, -0.15) is 0 Å². The Morgan fingerprint density at radius 3 is 3.00 bits per heavy atom. The number of thiazole rings is 1. The summed E-state index contributed by atoms with van der Waals surface area (Å²) < 4.78 is 5.90.